The van der Waals surface area contributed by atoms with E-state index in [4.69, 9.17) is 10.5 Å². The third-order valence-corrected chi connectivity index (χ3v) is 2.20. The average Bonchev–Trinajstić information content (AvgIpc) is 2.23. The van der Waals surface area contributed by atoms with Gasteiger partial charge in [0.25, 0.3) is 6.43 Å². The third kappa shape index (κ3) is 3.37. The van der Waals surface area contributed by atoms with E-state index in [0.29, 0.717) is 5.69 Å². The van der Waals surface area contributed by atoms with E-state index in [1.807, 2.05) is 0 Å². The fourth-order valence-electron chi connectivity index (χ4n) is 1.41. The van der Waals surface area contributed by atoms with Gasteiger partial charge >= 0.3 is 5.97 Å². The number of ether oxygens (including phenoxy) is 1. The molecule has 0 radical (unpaired) electrons. The van der Waals surface area contributed by atoms with Crippen molar-refractivity contribution in [3.05, 3.63) is 23.0 Å². The maximum absolute atomic E-state index is 12.6. The molecule has 0 unspecified atom stereocenters. The summed E-state index contributed by atoms with van der Waals surface area (Å²) in [5.41, 5.74) is 5.69. The van der Waals surface area contributed by atoms with Gasteiger partial charge in [-0.2, -0.15) is 0 Å². The highest BCUT2D eigenvalue weighted by Gasteiger charge is 2.16. The van der Waals surface area contributed by atoms with Crippen LogP contribution in [-0.4, -0.2) is 17.6 Å². The van der Waals surface area contributed by atoms with E-state index in [9.17, 15) is 13.6 Å². The molecule has 0 bridgehead atoms. The molecule has 6 heteroatoms. The molecule has 17 heavy (non-hydrogen) atoms. The van der Waals surface area contributed by atoms with E-state index in [2.05, 4.69) is 4.98 Å². The standard InChI is InChI=1S/C11H14F2N2O2/c1-3-17-9(16)5-7-4-8(11(12)13)10(14)6(2)15-7/h4,11H,3,5,14H2,1-2H3. The second-order valence-corrected chi connectivity index (χ2v) is 3.48. The van der Waals surface area contributed by atoms with Crippen molar-refractivity contribution in [2.75, 3.05) is 12.3 Å². The van der Waals surface area contributed by atoms with Crippen molar-refractivity contribution in [1.82, 2.24) is 4.98 Å². The molecule has 1 aromatic heterocycles. The Morgan fingerprint density at radius 3 is 2.76 bits per heavy atom. The number of aryl methyl sites for hydroxylation is 1. The molecule has 0 amide bonds. The molecule has 0 fully saturated rings. The van der Waals surface area contributed by atoms with E-state index >= 15 is 0 Å². The summed E-state index contributed by atoms with van der Waals surface area (Å²) in [6, 6.07) is 1.14. The number of carbonyl (C=O) groups excluding carboxylic acids is 1. The van der Waals surface area contributed by atoms with Gasteiger partial charge in [-0.05, 0) is 19.9 Å². The SMILES string of the molecule is CCOC(=O)Cc1cc(C(F)F)c(N)c(C)n1. The molecule has 0 spiro atoms. The maximum atomic E-state index is 12.6. The number of anilines is 1. The smallest absolute Gasteiger partial charge is 0.311 e. The predicted molar refractivity (Wildman–Crippen MR) is 58.7 cm³/mol. The third-order valence-electron chi connectivity index (χ3n) is 2.20. The van der Waals surface area contributed by atoms with Gasteiger partial charge in [-0.25, -0.2) is 8.78 Å². The van der Waals surface area contributed by atoms with Crippen molar-refractivity contribution in [2.24, 2.45) is 0 Å². The minimum atomic E-state index is -2.68. The van der Waals surface area contributed by atoms with Crippen molar-refractivity contribution in [3.8, 4) is 0 Å². The normalized spacial score (nSPS) is 10.6. The summed E-state index contributed by atoms with van der Waals surface area (Å²) in [6.07, 6.45) is -2.81. The molecule has 0 aliphatic carbocycles. The van der Waals surface area contributed by atoms with Crippen LogP contribution in [0.1, 0.15) is 30.3 Å². The van der Waals surface area contributed by atoms with Gasteiger partial charge in [0.1, 0.15) is 0 Å². The number of hydrogen-bond acceptors (Lipinski definition) is 4. The summed E-state index contributed by atoms with van der Waals surface area (Å²) in [7, 11) is 0. The number of hydrogen-bond donors (Lipinski definition) is 1. The second-order valence-electron chi connectivity index (χ2n) is 3.48. The van der Waals surface area contributed by atoms with Gasteiger partial charge in [0, 0.05) is 5.56 Å². The Morgan fingerprint density at radius 2 is 2.24 bits per heavy atom. The quantitative estimate of drug-likeness (QED) is 0.823. The molecular formula is C11H14F2N2O2. The maximum Gasteiger partial charge on any atom is 0.311 e. The number of nitrogens with zero attached hydrogens (tertiary/aromatic N) is 1. The van der Waals surface area contributed by atoms with Crippen LogP contribution in [0.2, 0.25) is 0 Å². The van der Waals surface area contributed by atoms with E-state index in [1.165, 1.54) is 6.92 Å². The molecule has 0 saturated carbocycles. The lowest BCUT2D eigenvalue weighted by Gasteiger charge is -2.10. The summed E-state index contributed by atoms with van der Waals surface area (Å²) in [6.45, 7) is 3.44. The van der Waals surface area contributed by atoms with Crippen LogP contribution in [0.3, 0.4) is 0 Å². The number of nitrogen functional groups attached to an aromatic ring is 1. The summed E-state index contributed by atoms with van der Waals surface area (Å²) >= 11 is 0. The molecule has 1 aromatic rings. The first-order valence-electron chi connectivity index (χ1n) is 5.15. The van der Waals surface area contributed by atoms with Crippen molar-refractivity contribution in [2.45, 2.75) is 26.7 Å². The number of aromatic nitrogens is 1. The Hall–Kier alpha value is -1.72. The van der Waals surface area contributed by atoms with Gasteiger partial charge in [-0.3, -0.25) is 9.78 Å². The van der Waals surface area contributed by atoms with Crippen molar-refractivity contribution < 1.29 is 18.3 Å². The summed E-state index contributed by atoms with van der Waals surface area (Å²) in [4.78, 5) is 15.2. The predicted octanol–water partition coefficient (Wildman–Crippen LogP) is 2.02. The highest BCUT2D eigenvalue weighted by molar-refractivity contribution is 5.72. The van der Waals surface area contributed by atoms with Crippen LogP contribution in [0.4, 0.5) is 14.5 Å². The van der Waals surface area contributed by atoms with Crippen molar-refractivity contribution >= 4 is 11.7 Å². The zero-order valence-electron chi connectivity index (χ0n) is 9.67. The molecule has 0 aromatic carbocycles. The highest BCUT2D eigenvalue weighted by atomic mass is 19.3. The van der Waals surface area contributed by atoms with Crippen LogP contribution in [0, 0.1) is 6.92 Å². The summed E-state index contributed by atoms with van der Waals surface area (Å²) in [5, 5.41) is 0. The number of rotatable bonds is 4. The molecule has 1 rings (SSSR count). The number of alkyl halides is 2. The fraction of sp³-hybridized carbons (Fsp3) is 0.455. The van der Waals surface area contributed by atoms with Crippen LogP contribution in [-0.2, 0) is 16.0 Å². The van der Waals surface area contributed by atoms with Gasteiger partial charge < -0.3 is 10.5 Å². The summed E-state index contributed by atoms with van der Waals surface area (Å²) < 4.78 is 30.0. The second kappa shape index (κ2) is 5.56. The first-order chi connectivity index (χ1) is 7.95. The molecule has 0 atom stereocenters. The van der Waals surface area contributed by atoms with Gasteiger partial charge in [0.05, 0.1) is 30.1 Å². The molecular weight excluding hydrogens is 230 g/mol. The molecule has 4 nitrogen and oxygen atoms in total. The van der Waals surface area contributed by atoms with Crippen LogP contribution in [0.25, 0.3) is 0 Å². The Bertz CT molecular complexity index is 422. The number of carbonyl (C=O) groups is 1. The van der Waals surface area contributed by atoms with E-state index in [-0.39, 0.29) is 30.0 Å². The first kappa shape index (κ1) is 13.3. The zero-order chi connectivity index (χ0) is 13.0. The van der Waals surface area contributed by atoms with Crippen molar-refractivity contribution in [1.29, 1.82) is 0 Å². The molecule has 2 N–H and O–H groups in total. The average molecular weight is 244 g/mol. The number of nitrogens with two attached hydrogens (primary N) is 1. The van der Waals surface area contributed by atoms with E-state index in [0.717, 1.165) is 6.07 Å². The van der Waals surface area contributed by atoms with Gasteiger partial charge in [0.15, 0.2) is 0 Å². The monoisotopic (exact) mass is 244 g/mol. The lowest BCUT2D eigenvalue weighted by Crippen LogP contribution is -2.11. The van der Waals surface area contributed by atoms with E-state index < -0.39 is 12.4 Å². The van der Waals surface area contributed by atoms with Gasteiger partial charge in [-0.15, -0.1) is 0 Å². The van der Waals surface area contributed by atoms with Crippen molar-refractivity contribution in [3.63, 3.8) is 0 Å². The van der Waals surface area contributed by atoms with Crippen LogP contribution < -0.4 is 5.73 Å². The largest absolute Gasteiger partial charge is 0.466 e. The Balaban J connectivity index is 2.98. The fourth-order valence-corrected chi connectivity index (χ4v) is 1.41. The highest BCUT2D eigenvalue weighted by Crippen LogP contribution is 2.27. The minimum Gasteiger partial charge on any atom is -0.466 e. The Kier molecular flexibility index (Phi) is 4.37. The lowest BCUT2D eigenvalue weighted by molar-refractivity contribution is -0.142. The first-order valence-corrected chi connectivity index (χ1v) is 5.15. The molecule has 0 saturated heterocycles. The summed E-state index contributed by atoms with van der Waals surface area (Å²) in [5.74, 6) is -0.496. The topological polar surface area (TPSA) is 65.2 Å². The minimum absolute atomic E-state index is 0.0346. The van der Waals surface area contributed by atoms with Crippen LogP contribution in [0.15, 0.2) is 6.07 Å². The molecule has 1 heterocycles. The van der Waals surface area contributed by atoms with E-state index in [1.54, 1.807) is 6.92 Å². The number of pyridine rings is 1. The number of esters is 1. The van der Waals surface area contributed by atoms with Gasteiger partial charge in [0.2, 0.25) is 0 Å². The molecule has 0 aliphatic rings. The Morgan fingerprint density at radius 1 is 1.59 bits per heavy atom. The van der Waals surface area contributed by atoms with Crippen LogP contribution >= 0.6 is 0 Å². The zero-order valence-corrected chi connectivity index (χ0v) is 9.67. The lowest BCUT2D eigenvalue weighted by atomic mass is 10.1. The molecule has 94 valence electrons. The molecule has 0 aliphatic heterocycles. The van der Waals surface area contributed by atoms with Gasteiger partial charge in [-0.1, -0.05) is 0 Å². The number of halogens is 2. The Labute approximate surface area is 97.8 Å². The van der Waals surface area contributed by atoms with Crippen LogP contribution in [0.5, 0.6) is 0 Å².